The number of aryl methyl sites for hydroxylation is 2. The van der Waals surface area contributed by atoms with Crippen LogP contribution in [0.3, 0.4) is 0 Å². The van der Waals surface area contributed by atoms with Crippen LogP contribution in [0.5, 0.6) is 0 Å². The van der Waals surface area contributed by atoms with Crippen molar-refractivity contribution in [3.8, 4) is 0 Å². The van der Waals surface area contributed by atoms with Crippen molar-refractivity contribution in [2.24, 2.45) is 0 Å². The predicted molar refractivity (Wildman–Crippen MR) is 94.6 cm³/mol. The molecule has 0 radical (unpaired) electrons. The molecule has 0 saturated carbocycles. The molecule has 1 heterocycles. The molecule has 1 amide bonds. The highest BCUT2D eigenvalue weighted by atomic mass is 16.5. The van der Waals surface area contributed by atoms with E-state index in [0.717, 1.165) is 11.1 Å². The van der Waals surface area contributed by atoms with Crippen LogP contribution in [0.4, 0.5) is 11.4 Å². The molecule has 0 bridgehead atoms. The lowest BCUT2D eigenvalue weighted by molar-refractivity contribution is -0.140. The lowest BCUT2D eigenvalue weighted by Gasteiger charge is -2.33. The molecule has 0 aromatic heterocycles. The minimum Gasteiger partial charge on any atom is -0.466 e. The van der Waals surface area contributed by atoms with Gasteiger partial charge in [0.25, 0.3) is 0 Å². The second-order valence-electron chi connectivity index (χ2n) is 5.85. The van der Waals surface area contributed by atoms with Crippen molar-refractivity contribution in [1.82, 2.24) is 0 Å². The van der Waals surface area contributed by atoms with Crippen molar-refractivity contribution >= 4 is 29.2 Å². The summed E-state index contributed by atoms with van der Waals surface area (Å²) in [6, 6.07) is 3.61. The molecule has 1 N–H and O–H groups in total. The van der Waals surface area contributed by atoms with Gasteiger partial charge in [-0.05, 0) is 37.1 Å². The Morgan fingerprint density at radius 1 is 1.08 bits per heavy atom. The van der Waals surface area contributed by atoms with Crippen LogP contribution in [0.1, 0.15) is 18.1 Å². The number of esters is 2. The SMILES string of the molecule is COC(=O)C1=C(C(=O)OC)N(c2cc(C)c(C)cc2NC(C)=O)COC1. The van der Waals surface area contributed by atoms with Crippen LogP contribution in [-0.2, 0) is 28.6 Å². The fourth-order valence-corrected chi connectivity index (χ4v) is 2.65. The molecule has 1 aliphatic heterocycles. The minimum atomic E-state index is -0.694. The van der Waals surface area contributed by atoms with Gasteiger partial charge >= 0.3 is 11.9 Å². The number of nitrogens with one attached hydrogen (secondary N) is 1. The van der Waals surface area contributed by atoms with Gasteiger partial charge in [-0.3, -0.25) is 4.79 Å². The predicted octanol–water partition coefficient (Wildman–Crippen LogP) is 1.66. The maximum absolute atomic E-state index is 12.4. The molecule has 0 saturated heterocycles. The number of nitrogens with zero attached hydrogens (tertiary/aromatic N) is 1. The van der Waals surface area contributed by atoms with E-state index < -0.39 is 11.9 Å². The first kappa shape index (κ1) is 19.5. The second kappa shape index (κ2) is 8.01. The first-order valence-electron chi connectivity index (χ1n) is 7.94. The molecule has 0 unspecified atom stereocenters. The fraction of sp³-hybridized carbons (Fsp3) is 0.389. The van der Waals surface area contributed by atoms with Crippen LogP contribution in [0.2, 0.25) is 0 Å². The van der Waals surface area contributed by atoms with Gasteiger partial charge in [0.15, 0.2) is 0 Å². The van der Waals surface area contributed by atoms with E-state index >= 15 is 0 Å². The number of carbonyl (C=O) groups excluding carboxylic acids is 3. The standard InChI is InChI=1S/C18H22N2O6/c1-10-6-14(19-12(3)21)15(7-11(10)2)20-9-26-8-13(17(22)24-4)16(20)18(23)25-5/h6-7H,8-9H2,1-5H3,(H,19,21). The minimum absolute atomic E-state index is 0.0139. The first-order valence-corrected chi connectivity index (χ1v) is 7.94. The average molecular weight is 362 g/mol. The van der Waals surface area contributed by atoms with Crippen molar-refractivity contribution in [2.75, 3.05) is 37.8 Å². The van der Waals surface area contributed by atoms with Crippen molar-refractivity contribution in [2.45, 2.75) is 20.8 Å². The van der Waals surface area contributed by atoms with E-state index in [0.29, 0.717) is 11.4 Å². The van der Waals surface area contributed by atoms with Gasteiger partial charge in [0.2, 0.25) is 5.91 Å². The summed E-state index contributed by atoms with van der Waals surface area (Å²) in [5.74, 6) is -1.63. The van der Waals surface area contributed by atoms with Crippen molar-refractivity contribution in [3.63, 3.8) is 0 Å². The summed E-state index contributed by atoms with van der Waals surface area (Å²) < 4.78 is 15.1. The molecular formula is C18H22N2O6. The highest BCUT2D eigenvalue weighted by Crippen LogP contribution is 2.34. The summed E-state index contributed by atoms with van der Waals surface area (Å²) in [4.78, 5) is 37.6. The molecule has 0 spiro atoms. The zero-order chi connectivity index (χ0) is 19.4. The Bertz CT molecular complexity index is 784. The Morgan fingerprint density at radius 3 is 2.27 bits per heavy atom. The van der Waals surface area contributed by atoms with E-state index in [9.17, 15) is 14.4 Å². The van der Waals surface area contributed by atoms with E-state index in [-0.39, 0.29) is 30.5 Å². The molecule has 8 nitrogen and oxygen atoms in total. The number of amides is 1. The van der Waals surface area contributed by atoms with Crippen LogP contribution in [0.25, 0.3) is 0 Å². The van der Waals surface area contributed by atoms with E-state index in [2.05, 4.69) is 5.32 Å². The summed E-state index contributed by atoms with van der Waals surface area (Å²) in [6.45, 7) is 5.15. The van der Waals surface area contributed by atoms with Gasteiger partial charge < -0.3 is 24.4 Å². The van der Waals surface area contributed by atoms with E-state index in [1.165, 1.54) is 26.0 Å². The van der Waals surface area contributed by atoms with Gasteiger partial charge in [0.05, 0.1) is 37.8 Å². The van der Waals surface area contributed by atoms with E-state index in [4.69, 9.17) is 14.2 Å². The van der Waals surface area contributed by atoms with Gasteiger partial charge in [-0.2, -0.15) is 0 Å². The number of hydrogen-bond donors (Lipinski definition) is 1. The molecule has 8 heteroatoms. The summed E-state index contributed by atoms with van der Waals surface area (Å²) in [7, 11) is 2.45. The van der Waals surface area contributed by atoms with Crippen LogP contribution in [0, 0.1) is 13.8 Å². The molecule has 1 aliphatic rings. The van der Waals surface area contributed by atoms with Gasteiger partial charge in [0, 0.05) is 6.92 Å². The number of hydrogen-bond acceptors (Lipinski definition) is 7. The molecule has 0 aliphatic carbocycles. The lowest BCUT2D eigenvalue weighted by Crippen LogP contribution is -2.39. The van der Waals surface area contributed by atoms with E-state index in [1.54, 1.807) is 6.07 Å². The topological polar surface area (TPSA) is 94.2 Å². The quantitative estimate of drug-likeness (QED) is 0.814. The number of rotatable bonds is 4. The third-order valence-corrected chi connectivity index (χ3v) is 4.05. The van der Waals surface area contributed by atoms with Gasteiger partial charge in [-0.25, -0.2) is 9.59 Å². The number of ether oxygens (including phenoxy) is 3. The van der Waals surface area contributed by atoms with E-state index in [1.807, 2.05) is 19.9 Å². The largest absolute Gasteiger partial charge is 0.466 e. The zero-order valence-corrected chi connectivity index (χ0v) is 15.5. The number of methoxy groups -OCH3 is 2. The maximum atomic E-state index is 12.4. The first-order chi connectivity index (χ1) is 12.3. The van der Waals surface area contributed by atoms with Crippen LogP contribution in [0.15, 0.2) is 23.4 Å². The highest BCUT2D eigenvalue weighted by Gasteiger charge is 2.33. The van der Waals surface area contributed by atoms with Crippen molar-refractivity contribution in [3.05, 3.63) is 34.5 Å². The molecule has 0 atom stereocenters. The summed E-state index contributed by atoms with van der Waals surface area (Å²) in [5, 5.41) is 2.75. The molecule has 26 heavy (non-hydrogen) atoms. The Labute approximate surface area is 151 Å². The molecular weight excluding hydrogens is 340 g/mol. The van der Waals surface area contributed by atoms with Crippen molar-refractivity contribution < 1.29 is 28.6 Å². The zero-order valence-electron chi connectivity index (χ0n) is 15.5. The van der Waals surface area contributed by atoms with Crippen LogP contribution in [-0.4, -0.2) is 45.4 Å². The maximum Gasteiger partial charge on any atom is 0.355 e. The van der Waals surface area contributed by atoms with Gasteiger partial charge in [0.1, 0.15) is 12.4 Å². The van der Waals surface area contributed by atoms with Gasteiger partial charge in [-0.1, -0.05) is 0 Å². The Morgan fingerprint density at radius 2 is 1.69 bits per heavy atom. The molecule has 0 fully saturated rings. The van der Waals surface area contributed by atoms with Crippen LogP contribution < -0.4 is 10.2 Å². The molecule has 1 aromatic carbocycles. The number of benzene rings is 1. The summed E-state index contributed by atoms with van der Waals surface area (Å²) in [6.07, 6.45) is 0. The summed E-state index contributed by atoms with van der Waals surface area (Å²) >= 11 is 0. The molecule has 2 rings (SSSR count). The Balaban J connectivity index is 2.68. The fourth-order valence-electron chi connectivity index (χ4n) is 2.65. The number of anilines is 2. The average Bonchev–Trinajstić information content (AvgIpc) is 2.62. The monoisotopic (exact) mass is 362 g/mol. The van der Waals surface area contributed by atoms with Crippen LogP contribution >= 0.6 is 0 Å². The van der Waals surface area contributed by atoms with Crippen molar-refractivity contribution in [1.29, 1.82) is 0 Å². The third-order valence-electron chi connectivity index (χ3n) is 4.05. The third kappa shape index (κ3) is 3.85. The lowest BCUT2D eigenvalue weighted by atomic mass is 10.0. The Kier molecular flexibility index (Phi) is 5.99. The normalized spacial score (nSPS) is 14.1. The Hall–Kier alpha value is -2.87. The summed E-state index contributed by atoms with van der Waals surface area (Å²) in [5.41, 5.74) is 3.01. The van der Waals surface area contributed by atoms with Gasteiger partial charge in [-0.15, -0.1) is 0 Å². The highest BCUT2D eigenvalue weighted by molar-refractivity contribution is 6.04. The molecule has 140 valence electrons. The smallest absolute Gasteiger partial charge is 0.355 e. The molecule has 1 aromatic rings. The second-order valence-corrected chi connectivity index (χ2v) is 5.85. The number of carbonyl (C=O) groups is 3.